The number of hydrogen-bond donors (Lipinski definition) is 6. The van der Waals surface area contributed by atoms with Crippen LogP contribution in [0.4, 0.5) is 10.5 Å². The highest BCUT2D eigenvalue weighted by atomic mass is 16.7. The number of anilines is 1. The fraction of sp³-hybridized carbons (Fsp3) is 0.468. The predicted octanol–water partition coefficient (Wildman–Crippen LogP) is 5.15. The first-order chi connectivity index (χ1) is 31.2. The van der Waals surface area contributed by atoms with Crippen molar-refractivity contribution >= 4 is 46.5 Å². The van der Waals surface area contributed by atoms with Crippen molar-refractivity contribution in [3.05, 3.63) is 80.6 Å². The zero-order chi connectivity index (χ0) is 46.2. The number of ether oxygens (including phenoxy) is 5. The van der Waals surface area contributed by atoms with Gasteiger partial charge in [0.25, 0.3) is 5.56 Å². The lowest BCUT2D eigenvalue weighted by Gasteiger charge is -2.35. The van der Waals surface area contributed by atoms with Crippen molar-refractivity contribution in [3.8, 4) is 22.9 Å². The zero-order valence-corrected chi connectivity index (χ0v) is 37.3. The molecule has 0 bridgehead atoms. The smallest absolute Gasteiger partial charge is 0.457 e. The third-order valence-corrected chi connectivity index (χ3v) is 12.6. The minimum Gasteiger partial charge on any atom is -0.457 e. The number of carbonyl (C=O) groups is 4. The summed E-state index contributed by atoms with van der Waals surface area (Å²) in [6.45, 7) is 9.65. The Kier molecular flexibility index (Phi) is 12.7. The first-order valence-electron chi connectivity index (χ1n) is 22.3. The summed E-state index contributed by atoms with van der Waals surface area (Å²) in [7, 11) is 0. The SMILES string of the molecule is CC[C@@]1(OC(=O)OCc2ccc(NC(=O)[C@H](CCCNC(=N)N)NC(=O)[C@@H](NC(C)C)C(C)C)cc2)C(=O)OCc2c1cc1n(c2=O)Cc2c-1nc1cc3c(cc1c2C1CCC1)OCO3. The number of nitrogens with two attached hydrogens (primary N) is 1. The van der Waals surface area contributed by atoms with E-state index in [1.54, 1.807) is 41.8 Å². The second-order valence-corrected chi connectivity index (χ2v) is 17.7. The van der Waals surface area contributed by atoms with Crippen LogP contribution in [0, 0.1) is 11.3 Å². The Balaban J connectivity index is 0.973. The van der Waals surface area contributed by atoms with Crippen LogP contribution >= 0.6 is 0 Å². The van der Waals surface area contributed by atoms with E-state index in [4.69, 9.17) is 39.8 Å². The Bertz CT molecular complexity index is 2610. The van der Waals surface area contributed by atoms with E-state index in [-0.39, 0.29) is 73.4 Å². The van der Waals surface area contributed by atoms with E-state index in [0.717, 1.165) is 35.8 Å². The predicted molar refractivity (Wildman–Crippen MR) is 239 cm³/mol. The van der Waals surface area contributed by atoms with Gasteiger partial charge >= 0.3 is 12.1 Å². The number of fused-ring (bicyclic) bond motifs is 6. The summed E-state index contributed by atoms with van der Waals surface area (Å²) in [6.07, 6.45) is 2.68. The lowest BCUT2D eigenvalue weighted by atomic mass is 9.76. The van der Waals surface area contributed by atoms with Gasteiger partial charge in [0, 0.05) is 40.9 Å². The van der Waals surface area contributed by atoms with Gasteiger partial charge in [0.2, 0.25) is 24.2 Å². The first-order valence-corrected chi connectivity index (χ1v) is 22.3. The Morgan fingerprint density at radius 1 is 1.00 bits per heavy atom. The fourth-order valence-electron chi connectivity index (χ4n) is 9.04. The summed E-state index contributed by atoms with van der Waals surface area (Å²) in [5, 5.41) is 20.1. The number of aromatic nitrogens is 2. The van der Waals surface area contributed by atoms with E-state index in [1.807, 2.05) is 39.8 Å². The summed E-state index contributed by atoms with van der Waals surface area (Å²) < 4.78 is 30.0. The molecule has 4 aliphatic rings. The lowest BCUT2D eigenvalue weighted by molar-refractivity contribution is -0.175. The maximum Gasteiger partial charge on any atom is 0.510 e. The number of esters is 1. The Morgan fingerprint density at radius 3 is 2.40 bits per heavy atom. The van der Waals surface area contributed by atoms with Crippen molar-refractivity contribution in [1.29, 1.82) is 5.41 Å². The van der Waals surface area contributed by atoms with Gasteiger partial charge in [-0.1, -0.05) is 53.2 Å². The average Bonchev–Trinajstić information content (AvgIpc) is 3.87. The van der Waals surface area contributed by atoms with E-state index in [2.05, 4.69) is 21.3 Å². The molecule has 1 saturated carbocycles. The van der Waals surface area contributed by atoms with Gasteiger partial charge in [0.1, 0.15) is 19.3 Å². The highest BCUT2D eigenvalue weighted by Gasteiger charge is 2.51. The minimum atomic E-state index is -1.97. The maximum atomic E-state index is 14.3. The number of nitrogens with one attached hydrogen (secondary N) is 5. The topological polar surface area (TPSA) is 247 Å². The third-order valence-electron chi connectivity index (χ3n) is 12.6. The molecular formula is C47H56N8O10. The Labute approximate surface area is 375 Å². The molecule has 18 nitrogen and oxygen atoms in total. The standard InChI is InChI=1S/C47H56N8O10/c1-6-47(65-46(60)62-21-26-12-14-28(15-13-26)52-41(56)33(11-8-16-50-45(48)49)54-42(57)39(24(2)3)51-25(4)5)32-18-35-40-30(20-55(35)43(58)31(32)22-61-44(47)59)38(27-9-7-10-27)29-17-36-37(64-23-63-36)19-34(29)53-40/h12-15,17-19,24-25,27,33,39,51H,6-11,16,20-23H2,1-5H3,(H,52,56)(H,54,57)(H4,48,49,50)/t33-,39-,47-/m0/s1. The molecule has 2 aromatic heterocycles. The number of rotatable bonds is 16. The second-order valence-electron chi connectivity index (χ2n) is 17.7. The number of guanidine groups is 1. The van der Waals surface area contributed by atoms with Crippen molar-refractivity contribution in [2.24, 2.45) is 11.7 Å². The number of benzene rings is 2. The maximum absolute atomic E-state index is 14.3. The third kappa shape index (κ3) is 8.91. The molecule has 1 fully saturated rings. The van der Waals surface area contributed by atoms with E-state index in [9.17, 15) is 24.0 Å². The quantitative estimate of drug-likeness (QED) is 0.0325. The minimum absolute atomic E-state index is 0.0338. The van der Waals surface area contributed by atoms with Gasteiger partial charge in [0.15, 0.2) is 17.5 Å². The number of amides is 2. The van der Waals surface area contributed by atoms with Crippen LogP contribution in [0.5, 0.6) is 11.5 Å². The number of cyclic esters (lactones) is 1. The molecule has 8 rings (SSSR count). The summed E-state index contributed by atoms with van der Waals surface area (Å²) in [6, 6.07) is 10.8. The number of nitrogens with zero attached hydrogens (tertiary/aromatic N) is 2. The molecule has 18 heteroatoms. The molecule has 0 radical (unpaired) electrons. The molecule has 2 amide bonds. The molecule has 7 N–H and O–H groups in total. The molecule has 3 atom stereocenters. The van der Waals surface area contributed by atoms with Gasteiger partial charge in [-0.05, 0) is 79.3 Å². The second kappa shape index (κ2) is 18.4. The van der Waals surface area contributed by atoms with Crippen LogP contribution in [0.2, 0.25) is 0 Å². The fourth-order valence-corrected chi connectivity index (χ4v) is 9.04. The Morgan fingerprint density at radius 2 is 1.74 bits per heavy atom. The van der Waals surface area contributed by atoms with Gasteiger partial charge in [-0.3, -0.25) is 19.8 Å². The average molecular weight is 893 g/mol. The molecule has 344 valence electrons. The largest absolute Gasteiger partial charge is 0.510 e. The van der Waals surface area contributed by atoms with Crippen molar-refractivity contribution in [2.45, 2.75) is 123 Å². The molecule has 0 saturated heterocycles. The van der Waals surface area contributed by atoms with E-state index in [0.29, 0.717) is 65.1 Å². The normalized spacial score (nSPS) is 17.9. The van der Waals surface area contributed by atoms with E-state index in [1.165, 1.54) is 0 Å². The highest BCUT2D eigenvalue weighted by molar-refractivity contribution is 5.98. The van der Waals surface area contributed by atoms with Crippen molar-refractivity contribution < 1.29 is 42.9 Å². The summed E-state index contributed by atoms with van der Waals surface area (Å²) in [5.74, 6) is -0.229. The monoisotopic (exact) mass is 892 g/mol. The summed E-state index contributed by atoms with van der Waals surface area (Å²) >= 11 is 0. The molecule has 1 aliphatic carbocycles. The van der Waals surface area contributed by atoms with Crippen LogP contribution in [-0.4, -0.2) is 70.9 Å². The van der Waals surface area contributed by atoms with Gasteiger partial charge in [-0.15, -0.1) is 0 Å². The number of hydrogen-bond acceptors (Lipinski definition) is 13. The van der Waals surface area contributed by atoms with Crippen LogP contribution in [0.15, 0.2) is 47.3 Å². The molecule has 0 spiro atoms. The van der Waals surface area contributed by atoms with Gasteiger partial charge in [-0.2, -0.15) is 0 Å². The lowest BCUT2D eigenvalue weighted by Crippen LogP contribution is -2.54. The molecule has 0 unspecified atom stereocenters. The van der Waals surface area contributed by atoms with Crippen LogP contribution in [-0.2, 0) is 54.0 Å². The van der Waals surface area contributed by atoms with Crippen LogP contribution in [0.1, 0.15) is 107 Å². The van der Waals surface area contributed by atoms with E-state index < -0.39 is 35.7 Å². The van der Waals surface area contributed by atoms with Crippen molar-refractivity contribution in [3.63, 3.8) is 0 Å². The Hall–Kier alpha value is -6.69. The molecule has 2 aromatic carbocycles. The van der Waals surface area contributed by atoms with Crippen molar-refractivity contribution in [2.75, 3.05) is 18.7 Å². The van der Waals surface area contributed by atoms with Gasteiger partial charge in [-0.25, -0.2) is 14.6 Å². The van der Waals surface area contributed by atoms with Crippen LogP contribution < -0.4 is 42.0 Å². The van der Waals surface area contributed by atoms with Gasteiger partial charge in [0.05, 0.1) is 35.1 Å². The number of pyridine rings is 2. The van der Waals surface area contributed by atoms with Gasteiger partial charge < -0.3 is 55.3 Å². The van der Waals surface area contributed by atoms with Crippen LogP contribution in [0.25, 0.3) is 22.3 Å². The number of carbonyl (C=O) groups excluding carboxylic acids is 4. The van der Waals surface area contributed by atoms with Crippen LogP contribution in [0.3, 0.4) is 0 Å². The highest BCUT2D eigenvalue weighted by Crippen LogP contribution is 2.49. The summed E-state index contributed by atoms with van der Waals surface area (Å²) in [4.78, 5) is 73.5. The molecule has 65 heavy (non-hydrogen) atoms. The molecule has 3 aliphatic heterocycles. The van der Waals surface area contributed by atoms with E-state index >= 15 is 0 Å². The first kappa shape index (κ1) is 44.9. The summed E-state index contributed by atoms with van der Waals surface area (Å²) in [5.41, 5.74) is 8.46. The molecule has 5 heterocycles. The van der Waals surface area contributed by atoms with Crippen molar-refractivity contribution in [1.82, 2.24) is 25.5 Å². The zero-order valence-electron chi connectivity index (χ0n) is 37.3. The molecular weight excluding hydrogens is 837 g/mol. The molecule has 4 aromatic rings.